The first-order valence-electron chi connectivity index (χ1n) is 7.67. The maximum Gasteiger partial charge on any atom is 0.212 e. The van der Waals surface area contributed by atoms with E-state index in [2.05, 4.69) is 27.5 Å². The Balaban J connectivity index is 1.79. The van der Waals surface area contributed by atoms with E-state index in [0.29, 0.717) is 18.5 Å². The van der Waals surface area contributed by atoms with E-state index >= 15 is 0 Å². The van der Waals surface area contributed by atoms with Crippen molar-refractivity contribution in [2.45, 2.75) is 45.2 Å². The van der Waals surface area contributed by atoms with Crippen LogP contribution in [0.4, 0.5) is 0 Å². The predicted octanol–water partition coefficient (Wildman–Crippen LogP) is 2.33. The van der Waals surface area contributed by atoms with Crippen molar-refractivity contribution in [1.29, 1.82) is 0 Å². The summed E-state index contributed by atoms with van der Waals surface area (Å²) in [5.74, 6) is 2.37. The van der Waals surface area contributed by atoms with Gasteiger partial charge in [-0.25, -0.2) is 4.98 Å². The van der Waals surface area contributed by atoms with Gasteiger partial charge in [-0.2, -0.15) is 0 Å². The van der Waals surface area contributed by atoms with Crippen LogP contribution < -0.4 is 15.4 Å². The number of pyridine rings is 1. The van der Waals surface area contributed by atoms with Crippen LogP contribution in [0, 0.1) is 5.92 Å². The van der Waals surface area contributed by atoms with Crippen LogP contribution in [0.5, 0.6) is 5.88 Å². The lowest BCUT2D eigenvalue weighted by Crippen LogP contribution is -2.44. The van der Waals surface area contributed by atoms with Gasteiger partial charge in [0.25, 0.3) is 0 Å². The summed E-state index contributed by atoms with van der Waals surface area (Å²) in [6.45, 7) is 3.04. The molecule has 5 nitrogen and oxygen atoms in total. The molecule has 1 aromatic heterocycles. The molecule has 21 heavy (non-hydrogen) atoms. The molecule has 5 heteroatoms. The molecule has 0 unspecified atom stereocenters. The van der Waals surface area contributed by atoms with Gasteiger partial charge in [-0.05, 0) is 37.2 Å². The summed E-state index contributed by atoms with van der Waals surface area (Å²) < 4.78 is 5.06. The predicted molar refractivity (Wildman–Crippen MR) is 85.5 cm³/mol. The quantitative estimate of drug-likeness (QED) is 0.660. The smallest absolute Gasteiger partial charge is 0.212 e. The molecular weight excluding hydrogens is 264 g/mol. The molecule has 1 aromatic rings. The third kappa shape index (κ3) is 4.92. The number of aliphatic imine (C=N–C) groups is 1. The molecule has 0 aromatic carbocycles. The minimum atomic E-state index is 0.543. The number of rotatable bonds is 4. The number of nitrogens with one attached hydrogen (secondary N) is 2. The molecule has 2 rings (SSSR count). The summed E-state index contributed by atoms with van der Waals surface area (Å²) in [7, 11) is 3.43. The summed E-state index contributed by atoms with van der Waals surface area (Å²) in [6, 6.07) is 4.42. The van der Waals surface area contributed by atoms with Gasteiger partial charge in [-0.3, -0.25) is 4.99 Å². The fourth-order valence-electron chi connectivity index (χ4n) is 2.61. The Morgan fingerprint density at radius 1 is 1.33 bits per heavy atom. The van der Waals surface area contributed by atoms with Crippen LogP contribution >= 0.6 is 0 Å². The zero-order chi connectivity index (χ0) is 15.1. The minimum Gasteiger partial charge on any atom is -0.481 e. The molecule has 2 N–H and O–H groups in total. The molecule has 1 aliphatic rings. The molecule has 1 saturated carbocycles. The largest absolute Gasteiger partial charge is 0.481 e. The fourth-order valence-corrected chi connectivity index (χ4v) is 2.61. The maximum absolute atomic E-state index is 5.06. The normalized spacial score (nSPS) is 22.7. The van der Waals surface area contributed by atoms with E-state index in [1.54, 1.807) is 7.11 Å². The van der Waals surface area contributed by atoms with E-state index < -0.39 is 0 Å². The van der Waals surface area contributed by atoms with Crippen LogP contribution in [-0.4, -0.2) is 31.1 Å². The van der Waals surface area contributed by atoms with E-state index in [4.69, 9.17) is 4.74 Å². The molecule has 1 heterocycles. The van der Waals surface area contributed by atoms with Crippen molar-refractivity contribution in [3.63, 3.8) is 0 Å². The Kier molecular flexibility index (Phi) is 5.84. The number of hydrogen-bond donors (Lipinski definition) is 2. The van der Waals surface area contributed by atoms with Gasteiger partial charge >= 0.3 is 0 Å². The van der Waals surface area contributed by atoms with E-state index in [1.807, 2.05) is 25.4 Å². The second-order valence-electron chi connectivity index (χ2n) is 5.74. The summed E-state index contributed by atoms with van der Waals surface area (Å²) in [5, 5.41) is 6.85. The lowest BCUT2D eigenvalue weighted by atomic mass is 9.87. The molecular formula is C16H26N4O. The summed E-state index contributed by atoms with van der Waals surface area (Å²) in [6.07, 6.45) is 6.88. The lowest BCUT2D eigenvalue weighted by molar-refractivity contribution is 0.329. The van der Waals surface area contributed by atoms with Gasteiger partial charge in [-0.1, -0.05) is 13.0 Å². The van der Waals surface area contributed by atoms with Crippen LogP contribution in [0.25, 0.3) is 0 Å². The van der Waals surface area contributed by atoms with Gasteiger partial charge in [0, 0.05) is 31.9 Å². The van der Waals surface area contributed by atoms with Crippen molar-refractivity contribution in [3.05, 3.63) is 23.9 Å². The van der Waals surface area contributed by atoms with Crippen molar-refractivity contribution in [1.82, 2.24) is 15.6 Å². The van der Waals surface area contributed by atoms with Crippen LogP contribution in [-0.2, 0) is 6.54 Å². The first kappa shape index (κ1) is 15.6. The van der Waals surface area contributed by atoms with E-state index in [-0.39, 0.29) is 0 Å². The van der Waals surface area contributed by atoms with Crippen molar-refractivity contribution in [3.8, 4) is 5.88 Å². The van der Waals surface area contributed by atoms with Gasteiger partial charge < -0.3 is 15.4 Å². The minimum absolute atomic E-state index is 0.543. The molecule has 1 aliphatic carbocycles. The zero-order valence-electron chi connectivity index (χ0n) is 13.2. The van der Waals surface area contributed by atoms with Gasteiger partial charge in [-0.15, -0.1) is 0 Å². The topological polar surface area (TPSA) is 58.5 Å². The molecule has 1 fully saturated rings. The number of guanidine groups is 1. The molecule has 0 atom stereocenters. The van der Waals surface area contributed by atoms with Gasteiger partial charge in [0.15, 0.2) is 5.96 Å². The highest BCUT2D eigenvalue weighted by atomic mass is 16.5. The Morgan fingerprint density at radius 3 is 2.67 bits per heavy atom. The first-order valence-corrected chi connectivity index (χ1v) is 7.67. The van der Waals surface area contributed by atoms with Crippen LogP contribution in [0.1, 0.15) is 38.2 Å². The summed E-state index contributed by atoms with van der Waals surface area (Å²) >= 11 is 0. The number of aromatic nitrogens is 1. The van der Waals surface area contributed by atoms with Crippen molar-refractivity contribution in [2.75, 3.05) is 14.2 Å². The number of methoxy groups -OCH3 is 1. The highest BCUT2D eigenvalue weighted by Gasteiger charge is 2.18. The Labute approximate surface area is 127 Å². The van der Waals surface area contributed by atoms with Crippen LogP contribution in [0.15, 0.2) is 23.3 Å². The molecule has 0 bridgehead atoms. The standard InChI is InChI=1S/C16H26N4O/c1-12-4-7-14(8-5-12)20-16(17-2)19-11-13-6-9-15(21-3)18-10-13/h6,9-10,12,14H,4-5,7-8,11H2,1-3H3,(H2,17,19,20). The summed E-state index contributed by atoms with van der Waals surface area (Å²) in [4.78, 5) is 8.50. The third-order valence-electron chi connectivity index (χ3n) is 4.05. The van der Waals surface area contributed by atoms with E-state index in [1.165, 1.54) is 25.7 Å². The molecule has 116 valence electrons. The highest BCUT2D eigenvalue weighted by Crippen LogP contribution is 2.23. The van der Waals surface area contributed by atoms with Crippen LogP contribution in [0.2, 0.25) is 0 Å². The van der Waals surface area contributed by atoms with Crippen molar-refractivity contribution < 1.29 is 4.74 Å². The van der Waals surface area contributed by atoms with Crippen molar-refractivity contribution >= 4 is 5.96 Å². The van der Waals surface area contributed by atoms with Gasteiger partial charge in [0.05, 0.1) is 7.11 Å². The first-order chi connectivity index (χ1) is 10.2. The SMILES string of the molecule is CN=C(NCc1ccc(OC)nc1)NC1CCC(C)CC1. The lowest BCUT2D eigenvalue weighted by Gasteiger charge is -2.28. The van der Waals surface area contributed by atoms with Gasteiger partial charge in [0.1, 0.15) is 0 Å². The molecule has 0 amide bonds. The number of ether oxygens (including phenoxy) is 1. The number of hydrogen-bond acceptors (Lipinski definition) is 3. The second kappa shape index (κ2) is 7.86. The Hall–Kier alpha value is -1.78. The second-order valence-corrected chi connectivity index (χ2v) is 5.74. The Bertz CT molecular complexity index is 450. The molecule has 0 spiro atoms. The van der Waals surface area contributed by atoms with E-state index in [9.17, 15) is 0 Å². The molecule has 0 saturated heterocycles. The number of nitrogens with zero attached hydrogens (tertiary/aromatic N) is 2. The monoisotopic (exact) mass is 290 g/mol. The van der Waals surface area contributed by atoms with Crippen LogP contribution in [0.3, 0.4) is 0 Å². The zero-order valence-corrected chi connectivity index (χ0v) is 13.2. The summed E-state index contributed by atoms with van der Waals surface area (Å²) in [5.41, 5.74) is 1.11. The highest BCUT2D eigenvalue weighted by molar-refractivity contribution is 5.79. The van der Waals surface area contributed by atoms with E-state index in [0.717, 1.165) is 17.4 Å². The Morgan fingerprint density at radius 2 is 2.10 bits per heavy atom. The molecule has 0 aliphatic heterocycles. The average molecular weight is 290 g/mol. The molecule has 0 radical (unpaired) electrons. The third-order valence-corrected chi connectivity index (χ3v) is 4.05. The fraction of sp³-hybridized carbons (Fsp3) is 0.625. The van der Waals surface area contributed by atoms with Gasteiger partial charge in [0.2, 0.25) is 5.88 Å². The maximum atomic E-state index is 5.06. The average Bonchev–Trinajstić information content (AvgIpc) is 2.53. The van der Waals surface area contributed by atoms with Crippen molar-refractivity contribution in [2.24, 2.45) is 10.9 Å².